The summed E-state index contributed by atoms with van der Waals surface area (Å²) in [6.45, 7) is 0.652. The summed E-state index contributed by atoms with van der Waals surface area (Å²) in [6, 6.07) is 5.46. The highest BCUT2D eigenvalue weighted by Crippen LogP contribution is 2.37. The van der Waals surface area contributed by atoms with E-state index in [-0.39, 0.29) is 43.9 Å². The number of hydrogen-bond donors (Lipinski definition) is 1. The molecule has 1 aliphatic carbocycles. The summed E-state index contributed by atoms with van der Waals surface area (Å²) >= 11 is 3.26. The number of rotatable bonds is 3. The number of sulfonamides is 1. The third kappa shape index (κ3) is 5.43. The molecule has 0 radical (unpaired) electrons. The Hall–Kier alpha value is -1.33. The van der Waals surface area contributed by atoms with Crippen LogP contribution in [0.1, 0.15) is 25.7 Å². The third-order valence-electron chi connectivity index (χ3n) is 5.42. The van der Waals surface area contributed by atoms with Crippen molar-refractivity contribution in [3.63, 3.8) is 0 Å². The molecule has 1 saturated heterocycles. The first-order chi connectivity index (χ1) is 13.6. The maximum atomic E-state index is 12.9. The van der Waals surface area contributed by atoms with Crippen molar-refractivity contribution in [3.8, 4) is 0 Å². The highest BCUT2D eigenvalue weighted by Gasteiger charge is 2.42. The van der Waals surface area contributed by atoms with Gasteiger partial charge in [-0.1, -0.05) is 28.4 Å². The minimum Gasteiger partial charge on any atom is -0.335 e. The van der Waals surface area contributed by atoms with E-state index in [1.54, 1.807) is 12.1 Å². The number of nitrogens with one attached hydrogen (secondary N) is 1. The maximum Gasteiger partial charge on any atom is 0.391 e. The number of alkyl halides is 3. The van der Waals surface area contributed by atoms with Gasteiger partial charge in [0.2, 0.25) is 10.0 Å². The van der Waals surface area contributed by atoms with E-state index in [0.29, 0.717) is 17.3 Å². The topological polar surface area (TPSA) is 69.7 Å². The Labute approximate surface area is 176 Å². The summed E-state index contributed by atoms with van der Waals surface area (Å²) in [7, 11) is -3.66. The normalized spacial score (nSPS) is 24.3. The standard InChI is InChI=1S/C18H23BrF3N3O3S/c19-14-4-2-6-16(12-14)29(27,28)25-9-7-24(8-10-25)17(26)23-15-5-1-3-13(11-15)18(20,21)22/h2,4,6,12-13,15H,1,3,5,7-11H2,(H,23,26). The Kier molecular flexibility index (Phi) is 6.79. The Morgan fingerprint density at radius 1 is 1.14 bits per heavy atom. The van der Waals surface area contributed by atoms with Gasteiger partial charge in [-0.2, -0.15) is 17.5 Å². The maximum absolute atomic E-state index is 12.9. The monoisotopic (exact) mass is 497 g/mol. The number of benzene rings is 1. The van der Waals surface area contributed by atoms with Crippen molar-refractivity contribution in [2.75, 3.05) is 26.2 Å². The van der Waals surface area contributed by atoms with Crippen LogP contribution in [0.4, 0.5) is 18.0 Å². The SMILES string of the molecule is O=C(NC1CCCC(C(F)(F)F)C1)N1CCN(S(=O)(=O)c2cccc(Br)c2)CC1. The second-order valence-electron chi connectivity index (χ2n) is 7.40. The van der Waals surface area contributed by atoms with E-state index in [4.69, 9.17) is 0 Å². The molecule has 1 aromatic carbocycles. The predicted octanol–water partition coefficient (Wildman–Crippen LogP) is 3.59. The molecule has 1 aliphatic heterocycles. The summed E-state index contributed by atoms with van der Waals surface area (Å²) in [5.41, 5.74) is 0. The van der Waals surface area contributed by atoms with Crippen LogP contribution in [0.2, 0.25) is 0 Å². The molecule has 3 rings (SSSR count). The van der Waals surface area contributed by atoms with Gasteiger partial charge in [-0.05, 0) is 37.5 Å². The van der Waals surface area contributed by atoms with Crippen LogP contribution in [0.3, 0.4) is 0 Å². The molecule has 11 heteroatoms. The average molecular weight is 498 g/mol. The van der Waals surface area contributed by atoms with Crippen molar-refractivity contribution in [2.45, 2.75) is 42.8 Å². The summed E-state index contributed by atoms with van der Waals surface area (Å²) < 4.78 is 66.3. The molecule has 29 heavy (non-hydrogen) atoms. The zero-order valence-corrected chi connectivity index (χ0v) is 18.1. The number of nitrogens with zero attached hydrogens (tertiary/aromatic N) is 2. The molecule has 2 amide bonds. The van der Waals surface area contributed by atoms with Crippen molar-refractivity contribution in [2.24, 2.45) is 5.92 Å². The number of hydrogen-bond acceptors (Lipinski definition) is 3. The molecule has 1 saturated carbocycles. The fourth-order valence-electron chi connectivity index (χ4n) is 3.79. The van der Waals surface area contributed by atoms with Gasteiger partial charge >= 0.3 is 12.2 Å². The smallest absolute Gasteiger partial charge is 0.335 e. The fraction of sp³-hybridized carbons (Fsp3) is 0.611. The van der Waals surface area contributed by atoms with Gasteiger partial charge in [0.15, 0.2) is 0 Å². The summed E-state index contributed by atoms with van der Waals surface area (Å²) in [5.74, 6) is -1.38. The fourth-order valence-corrected chi connectivity index (χ4v) is 5.81. The van der Waals surface area contributed by atoms with Crippen LogP contribution in [0.15, 0.2) is 33.6 Å². The summed E-state index contributed by atoms with van der Waals surface area (Å²) in [6.07, 6.45) is -3.30. The van der Waals surface area contributed by atoms with Gasteiger partial charge in [-0.15, -0.1) is 0 Å². The second-order valence-corrected chi connectivity index (χ2v) is 10.3. The van der Waals surface area contributed by atoms with E-state index in [2.05, 4.69) is 21.2 Å². The quantitative estimate of drug-likeness (QED) is 0.693. The number of amides is 2. The molecule has 2 unspecified atom stereocenters. The zero-order valence-electron chi connectivity index (χ0n) is 15.7. The van der Waals surface area contributed by atoms with Crippen LogP contribution in [-0.2, 0) is 10.0 Å². The molecule has 0 spiro atoms. The number of urea groups is 1. The van der Waals surface area contributed by atoms with Crippen molar-refractivity contribution in [3.05, 3.63) is 28.7 Å². The molecule has 2 aliphatic rings. The minimum absolute atomic E-state index is 0.0992. The molecule has 1 heterocycles. The molecular formula is C18H23BrF3N3O3S. The molecule has 0 aromatic heterocycles. The van der Waals surface area contributed by atoms with Gasteiger partial charge in [0.25, 0.3) is 0 Å². The summed E-state index contributed by atoms with van der Waals surface area (Å²) in [5, 5.41) is 2.70. The average Bonchev–Trinajstić information content (AvgIpc) is 2.67. The molecule has 0 bridgehead atoms. The second kappa shape index (κ2) is 8.81. The molecule has 2 fully saturated rings. The van der Waals surface area contributed by atoms with Crippen LogP contribution >= 0.6 is 15.9 Å². The van der Waals surface area contributed by atoms with Gasteiger partial charge in [0, 0.05) is 36.7 Å². The number of carbonyl (C=O) groups excluding carboxylic acids is 1. The van der Waals surface area contributed by atoms with Crippen LogP contribution in [0.5, 0.6) is 0 Å². The Balaban J connectivity index is 1.54. The Morgan fingerprint density at radius 2 is 1.83 bits per heavy atom. The molecule has 1 aromatic rings. The van der Waals surface area contributed by atoms with Gasteiger partial charge in [-0.3, -0.25) is 0 Å². The zero-order chi connectivity index (χ0) is 21.2. The van der Waals surface area contributed by atoms with Gasteiger partial charge in [0.05, 0.1) is 10.8 Å². The molecular weight excluding hydrogens is 475 g/mol. The van der Waals surface area contributed by atoms with Crippen molar-refractivity contribution >= 4 is 32.0 Å². The Morgan fingerprint density at radius 3 is 2.45 bits per heavy atom. The highest BCUT2D eigenvalue weighted by atomic mass is 79.9. The molecule has 162 valence electrons. The number of halogens is 4. The first-order valence-electron chi connectivity index (χ1n) is 9.45. The van der Waals surface area contributed by atoms with Gasteiger partial charge in [-0.25, -0.2) is 13.2 Å². The van der Waals surface area contributed by atoms with Crippen molar-refractivity contribution < 1.29 is 26.4 Å². The lowest BCUT2D eigenvalue weighted by Gasteiger charge is -2.36. The summed E-state index contributed by atoms with van der Waals surface area (Å²) in [4.78, 5) is 14.1. The number of carbonyl (C=O) groups is 1. The molecule has 6 nitrogen and oxygen atoms in total. The predicted molar refractivity (Wildman–Crippen MR) is 105 cm³/mol. The minimum atomic E-state index is -4.24. The molecule has 1 N–H and O–H groups in total. The van der Waals surface area contributed by atoms with Crippen LogP contribution in [0.25, 0.3) is 0 Å². The van der Waals surface area contributed by atoms with E-state index in [1.807, 2.05) is 0 Å². The number of piperazine rings is 1. The van der Waals surface area contributed by atoms with Gasteiger partial charge < -0.3 is 10.2 Å². The van der Waals surface area contributed by atoms with Crippen LogP contribution in [0, 0.1) is 5.92 Å². The van der Waals surface area contributed by atoms with Gasteiger partial charge in [0.1, 0.15) is 0 Å². The molecule has 2 atom stereocenters. The Bertz CT molecular complexity index is 842. The van der Waals surface area contributed by atoms with E-state index in [0.717, 1.165) is 0 Å². The first-order valence-corrected chi connectivity index (χ1v) is 11.7. The third-order valence-corrected chi connectivity index (χ3v) is 7.81. The lowest BCUT2D eigenvalue weighted by atomic mass is 9.85. The lowest BCUT2D eigenvalue weighted by molar-refractivity contribution is -0.183. The van der Waals surface area contributed by atoms with Crippen LogP contribution in [-0.4, -0.2) is 62.1 Å². The van der Waals surface area contributed by atoms with E-state index < -0.39 is 34.2 Å². The van der Waals surface area contributed by atoms with Crippen molar-refractivity contribution in [1.29, 1.82) is 0 Å². The van der Waals surface area contributed by atoms with E-state index in [1.165, 1.54) is 21.3 Å². The van der Waals surface area contributed by atoms with Crippen molar-refractivity contribution in [1.82, 2.24) is 14.5 Å². The largest absolute Gasteiger partial charge is 0.391 e. The van der Waals surface area contributed by atoms with Crippen LogP contribution < -0.4 is 5.32 Å². The van der Waals surface area contributed by atoms with E-state index in [9.17, 15) is 26.4 Å². The van der Waals surface area contributed by atoms with E-state index >= 15 is 0 Å². The highest BCUT2D eigenvalue weighted by molar-refractivity contribution is 9.10. The first kappa shape index (κ1) is 22.4. The lowest BCUT2D eigenvalue weighted by Crippen LogP contribution is -2.55.